The van der Waals surface area contributed by atoms with Gasteiger partial charge < -0.3 is 0 Å². The summed E-state index contributed by atoms with van der Waals surface area (Å²) in [4.78, 5) is 21.1. The predicted molar refractivity (Wildman–Crippen MR) is 98.9 cm³/mol. The summed E-state index contributed by atoms with van der Waals surface area (Å²) < 4.78 is 29.6. The minimum absolute atomic E-state index is 0.228. The Morgan fingerprint density at radius 2 is 1.80 bits per heavy atom. The number of amides is 1. The topological polar surface area (TPSA) is 54.9 Å². The van der Waals surface area contributed by atoms with Gasteiger partial charge in [-0.3, -0.25) is 10.1 Å². The highest BCUT2D eigenvalue weighted by Gasteiger charge is 2.16. The van der Waals surface area contributed by atoms with E-state index in [-0.39, 0.29) is 5.56 Å². The van der Waals surface area contributed by atoms with Crippen LogP contribution in [0.5, 0.6) is 0 Å². The van der Waals surface area contributed by atoms with Crippen molar-refractivity contribution in [2.45, 2.75) is 4.34 Å². The van der Waals surface area contributed by atoms with E-state index in [2.05, 4.69) is 15.3 Å². The van der Waals surface area contributed by atoms with E-state index in [9.17, 15) is 13.6 Å². The van der Waals surface area contributed by atoms with Gasteiger partial charge in [0.25, 0.3) is 5.91 Å². The van der Waals surface area contributed by atoms with Crippen molar-refractivity contribution in [2.75, 3.05) is 11.6 Å². The molecule has 1 amide bonds. The van der Waals surface area contributed by atoms with Crippen LogP contribution in [-0.2, 0) is 0 Å². The molecule has 126 valence electrons. The quantitative estimate of drug-likeness (QED) is 0.489. The minimum Gasteiger partial charge on any atom is -0.298 e. The molecular formula is C16H9F2N3OS3. The molecule has 9 heteroatoms. The number of thiazole rings is 2. The summed E-state index contributed by atoms with van der Waals surface area (Å²) in [6.45, 7) is 0. The summed E-state index contributed by atoms with van der Waals surface area (Å²) in [7, 11) is 0. The van der Waals surface area contributed by atoms with Gasteiger partial charge in [-0.15, -0.1) is 11.3 Å². The van der Waals surface area contributed by atoms with Gasteiger partial charge in [-0.25, -0.2) is 18.7 Å². The normalized spacial score (nSPS) is 11.3. The monoisotopic (exact) mass is 393 g/mol. The average Bonchev–Trinajstić information content (AvgIpc) is 3.16. The third-order valence-corrected chi connectivity index (χ3v) is 6.67. The number of hydrogen-bond donors (Lipinski definition) is 1. The highest BCUT2D eigenvalue weighted by atomic mass is 32.2. The lowest BCUT2D eigenvalue weighted by Gasteiger charge is -2.02. The Bertz CT molecular complexity index is 1120. The highest BCUT2D eigenvalue weighted by molar-refractivity contribution is 8.00. The smallest absolute Gasteiger partial charge is 0.260 e. The zero-order valence-electron chi connectivity index (χ0n) is 12.7. The van der Waals surface area contributed by atoms with Crippen molar-refractivity contribution in [3.63, 3.8) is 0 Å². The number of aromatic nitrogens is 2. The number of benzene rings is 2. The third kappa shape index (κ3) is 2.99. The van der Waals surface area contributed by atoms with Crippen LogP contribution in [0.1, 0.15) is 10.4 Å². The molecule has 0 saturated heterocycles. The Morgan fingerprint density at radius 3 is 2.52 bits per heavy atom. The molecule has 4 aromatic rings. The maximum absolute atomic E-state index is 13.7. The maximum atomic E-state index is 13.7. The van der Waals surface area contributed by atoms with Crippen LogP contribution in [0.3, 0.4) is 0 Å². The Kier molecular flexibility index (Phi) is 4.14. The summed E-state index contributed by atoms with van der Waals surface area (Å²) >= 11 is 4.44. The van der Waals surface area contributed by atoms with Gasteiger partial charge in [0.2, 0.25) is 0 Å². The third-order valence-electron chi connectivity index (χ3n) is 3.46. The van der Waals surface area contributed by atoms with Crippen molar-refractivity contribution >= 4 is 65.9 Å². The Labute approximate surface area is 152 Å². The molecule has 2 heterocycles. The maximum Gasteiger partial charge on any atom is 0.260 e. The van der Waals surface area contributed by atoms with Crippen LogP contribution in [0, 0.1) is 11.6 Å². The summed E-state index contributed by atoms with van der Waals surface area (Å²) in [5, 5.41) is 2.94. The van der Waals surface area contributed by atoms with Crippen molar-refractivity contribution in [3.05, 3.63) is 47.5 Å². The molecule has 0 bridgehead atoms. The fourth-order valence-electron chi connectivity index (χ4n) is 2.33. The molecular weight excluding hydrogens is 384 g/mol. The SMILES string of the molecule is CSc1nc2ccc3nc(NC(=O)c4ccc(F)cc4F)sc3c2s1. The van der Waals surface area contributed by atoms with Crippen molar-refractivity contribution < 1.29 is 13.6 Å². The van der Waals surface area contributed by atoms with Crippen molar-refractivity contribution in [3.8, 4) is 0 Å². The second-order valence-electron chi connectivity index (χ2n) is 5.04. The number of hydrogen-bond acceptors (Lipinski definition) is 6. The molecule has 25 heavy (non-hydrogen) atoms. The Hall–Kier alpha value is -2.10. The molecule has 0 spiro atoms. The van der Waals surface area contributed by atoms with Gasteiger partial charge in [-0.1, -0.05) is 23.1 Å². The number of thioether (sulfide) groups is 1. The van der Waals surface area contributed by atoms with Gasteiger partial charge in [-0.2, -0.15) is 0 Å². The van der Waals surface area contributed by atoms with Crippen molar-refractivity contribution in [1.82, 2.24) is 9.97 Å². The molecule has 0 saturated carbocycles. The fraction of sp³-hybridized carbons (Fsp3) is 0.0625. The molecule has 0 aliphatic heterocycles. The van der Waals surface area contributed by atoms with E-state index in [4.69, 9.17) is 0 Å². The molecule has 0 radical (unpaired) electrons. The van der Waals surface area contributed by atoms with Crippen LogP contribution in [0.25, 0.3) is 20.4 Å². The lowest BCUT2D eigenvalue weighted by Crippen LogP contribution is -2.13. The van der Waals surface area contributed by atoms with Crippen LogP contribution < -0.4 is 5.32 Å². The van der Waals surface area contributed by atoms with E-state index in [0.29, 0.717) is 11.2 Å². The number of nitrogens with zero attached hydrogens (tertiary/aromatic N) is 2. The van der Waals surface area contributed by atoms with Gasteiger partial charge in [0, 0.05) is 6.07 Å². The number of fused-ring (bicyclic) bond motifs is 3. The Balaban J connectivity index is 1.70. The number of carbonyl (C=O) groups is 1. The molecule has 2 aromatic heterocycles. The van der Waals surface area contributed by atoms with Gasteiger partial charge >= 0.3 is 0 Å². The molecule has 2 aromatic carbocycles. The zero-order chi connectivity index (χ0) is 17.6. The van der Waals surface area contributed by atoms with Crippen LogP contribution in [0.15, 0.2) is 34.7 Å². The van der Waals surface area contributed by atoms with Gasteiger partial charge in [0.15, 0.2) is 9.47 Å². The van der Waals surface area contributed by atoms with Crippen LogP contribution in [0.4, 0.5) is 13.9 Å². The minimum atomic E-state index is -0.909. The Morgan fingerprint density at radius 1 is 1.08 bits per heavy atom. The van der Waals surface area contributed by atoms with Crippen molar-refractivity contribution in [1.29, 1.82) is 0 Å². The number of nitrogens with one attached hydrogen (secondary N) is 1. The molecule has 0 unspecified atom stereocenters. The van der Waals surface area contributed by atoms with Crippen molar-refractivity contribution in [2.24, 2.45) is 0 Å². The lowest BCUT2D eigenvalue weighted by molar-refractivity contribution is 0.102. The molecule has 0 aliphatic rings. The standard InChI is InChI=1S/C16H9F2N3OS3/c1-23-16-20-11-5-4-10-12(13(11)25-16)24-15(19-10)21-14(22)8-3-2-7(17)6-9(8)18/h2-6H,1H3,(H,19,21,22). The van der Waals surface area contributed by atoms with Crippen LogP contribution in [-0.4, -0.2) is 22.1 Å². The lowest BCUT2D eigenvalue weighted by atomic mass is 10.2. The largest absolute Gasteiger partial charge is 0.298 e. The average molecular weight is 393 g/mol. The zero-order valence-corrected chi connectivity index (χ0v) is 15.1. The predicted octanol–water partition coefficient (Wildman–Crippen LogP) is 5.16. The molecule has 0 aliphatic carbocycles. The van der Waals surface area contributed by atoms with Crippen LogP contribution >= 0.6 is 34.4 Å². The highest BCUT2D eigenvalue weighted by Crippen LogP contribution is 2.38. The molecule has 4 nitrogen and oxygen atoms in total. The summed E-state index contributed by atoms with van der Waals surface area (Å²) in [5.41, 5.74) is 1.39. The number of rotatable bonds is 3. The summed E-state index contributed by atoms with van der Waals surface area (Å²) in [5.74, 6) is -2.30. The second-order valence-corrected chi connectivity index (χ2v) is 8.09. The van der Waals surface area contributed by atoms with E-state index in [1.807, 2.05) is 18.4 Å². The first-order chi connectivity index (χ1) is 12.0. The van der Waals surface area contributed by atoms with Gasteiger partial charge in [-0.05, 0) is 30.5 Å². The number of carbonyl (C=O) groups excluding carboxylic acids is 1. The summed E-state index contributed by atoms with van der Waals surface area (Å²) in [6.07, 6.45) is 1.96. The number of halogens is 2. The van der Waals surface area contributed by atoms with Gasteiger partial charge in [0.05, 0.1) is 26.0 Å². The van der Waals surface area contributed by atoms with E-state index in [1.54, 1.807) is 23.1 Å². The molecule has 4 rings (SSSR count). The van der Waals surface area contributed by atoms with E-state index in [0.717, 1.165) is 36.9 Å². The molecule has 1 N–H and O–H groups in total. The first-order valence-electron chi connectivity index (χ1n) is 7.05. The summed E-state index contributed by atoms with van der Waals surface area (Å²) in [6, 6.07) is 6.56. The molecule has 0 fully saturated rings. The first kappa shape index (κ1) is 16.4. The first-order valence-corrected chi connectivity index (χ1v) is 9.91. The fourth-order valence-corrected chi connectivity index (χ4v) is 4.99. The number of anilines is 1. The van der Waals surface area contributed by atoms with Crippen LogP contribution in [0.2, 0.25) is 0 Å². The van der Waals surface area contributed by atoms with Gasteiger partial charge in [0.1, 0.15) is 11.6 Å². The van der Waals surface area contributed by atoms with E-state index >= 15 is 0 Å². The van der Waals surface area contributed by atoms with E-state index < -0.39 is 17.5 Å². The van der Waals surface area contributed by atoms with E-state index in [1.165, 1.54) is 11.3 Å². The second kappa shape index (κ2) is 6.32. The molecule has 0 atom stereocenters.